The second kappa shape index (κ2) is 6.67. The van der Waals surface area contributed by atoms with Gasteiger partial charge in [0.15, 0.2) is 0 Å². The molecule has 20 heavy (non-hydrogen) atoms. The number of hydrogen-bond acceptors (Lipinski definition) is 1. The van der Waals surface area contributed by atoms with E-state index in [-0.39, 0.29) is 5.82 Å². The molecule has 0 heterocycles. The number of nitrogens with one attached hydrogen (secondary N) is 1. The Balaban J connectivity index is 2.37. The summed E-state index contributed by atoms with van der Waals surface area (Å²) < 4.78 is 13.6. The van der Waals surface area contributed by atoms with Crippen LogP contribution in [0.2, 0.25) is 0 Å². The van der Waals surface area contributed by atoms with E-state index >= 15 is 0 Å². The van der Waals surface area contributed by atoms with Crippen LogP contribution in [0.3, 0.4) is 0 Å². The third-order valence-corrected chi connectivity index (χ3v) is 3.63. The van der Waals surface area contributed by atoms with Gasteiger partial charge < -0.3 is 5.32 Å². The van der Waals surface area contributed by atoms with Gasteiger partial charge in [0.2, 0.25) is 0 Å². The van der Waals surface area contributed by atoms with Gasteiger partial charge in [0.1, 0.15) is 5.82 Å². The van der Waals surface area contributed by atoms with E-state index in [2.05, 4.69) is 44.3 Å². The molecule has 0 aliphatic rings. The quantitative estimate of drug-likeness (QED) is 0.783. The maximum absolute atomic E-state index is 13.6. The summed E-state index contributed by atoms with van der Waals surface area (Å²) in [7, 11) is 0. The molecule has 2 rings (SSSR count). The van der Waals surface area contributed by atoms with E-state index in [9.17, 15) is 4.39 Å². The van der Waals surface area contributed by atoms with Crippen LogP contribution in [0, 0.1) is 19.7 Å². The van der Waals surface area contributed by atoms with Crippen molar-refractivity contribution in [1.29, 1.82) is 0 Å². The van der Waals surface area contributed by atoms with E-state index in [1.165, 1.54) is 17.2 Å². The monoisotopic (exact) mass is 271 g/mol. The third kappa shape index (κ3) is 3.45. The summed E-state index contributed by atoms with van der Waals surface area (Å²) in [6, 6.07) is 11.3. The van der Waals surface area contributed by atoms with Gasteiger partial charge in [0.05, 0.1) is 0 Å². The van der Waals surface area contributed by atoms with Crippen molar-refractivity contribution < 1.29 is 4.39 Å². The Morgan fingerprint density at radius 2 is 1.80 bits per heavy atom. The van der Waals surface area contributed by atoms with Crippen LogP contribution in [-0.2, 0) is 6.54 Å². The van der Waals surface area contributed by atoms with E-state index < -0.39 is 0 Å². The van der Waals surface area contributed by atoms with Crippen LogP contribution >= 0.6 is 0 Å². The Labute approximate surface area is 120 Å². The maximum atomic E-state index is 13.6. The van der Waals surface area contributed by atoms with Gasteiger partial charge >= 0.3 is 0 Å². The number of rotatable bonds is 5. The summed E-state index contributed by atoms with van der Waals surface area (Å²) in [5, 5.41) is 3.38. The molecule has 0 amide bonds. The highest BCUT2D eigenvalue weighted by atomic mass is 19.1. The Kier molecular flexibility index (Phi) is 4.91. The first-order chi connectivity index (χ1) is 9.61. The Bertz CT molecular complexity index is 590. The van der Waals surface area contributed by atoms with Crippen molar-refractivity contribution in [3.63, 3.8) is 0 Å². The van der Waals surface area contributed by atoms with E-state index in [0.29, 0.717) is 0 Å². The lowest BCUT2D eigenvalue weighted by atomic mass is 9.96. The second-order valence-electron chi connectivity index (χ2n) is 5.28. The van der Waals surface area contributed by atoms with Gasteiger partial charge in [0.25, 0.3) is 0 Å². The molecule has 0 bridgehead atoms. The first-order valence-electron chi connectivity index (χ1n) is 7.18. The highest BCUT2D eigenvalue weighted by molar-refractivity contribution is 5.68. The number of halogens is 1. The van der Waals surface area contributed by atoms with Gasteiger partial charge in [0, 0.05) is 6.54 Å². The molecular formula is C18H22FN. The molecule has 0 aliphatic carbocycles. The molecule has 0 unspecified atom stereocenters. The zero-order valence-corrected chi connectivity index (χ0v) is 12.5. The summed E-state index contributed by atoms with van der Waals surface area (Å²) in [5.74, 6) is -0.183. The zero-order valence-electron chi connectivity index (χ0n) is 12.5. The molecule has 0 atom stereocenters. The van der Waals surface area contributed by atoms with Crippen LogP contribution < -0.4 is 5.32 Å². The molecule has 0 aromatic heterocycles. The van der Waals surface area contributed by atoms with E-state index in [1.54, 1.807) is 6.07 Å². The minimum absolute atomic E-state index is 0.183. The average Bonchev–Trinajstić information content (AvgIpc) is 2.44. The molecule has 0 aliphatic heterocycles. The molecule has 0 saturated heterocycles. The van der Waals surface area contributed by atoms with Crippen molar-refractivity contribution in [2.24, 2.45) is 0 Å². The van der Waals surface area contributed by atoms with Crippen molar-refractivity contribution in [1.82, 2.24) is 5.32 Å². The highest BCUT2D eigenvalue weighted by Crippen LogP contribution is 2.26. The Morgan fingerprint density at radius 1 is 1.00 bits per heavy atom. The van der Waals surface area contributed by atoms with E-state index in [0.717, 1.165) is 36.2 Å². The molecule has 0 saturated carbocycles. The van der Waals surface area contributed by atoms with Crippen LogP contribution in [0.25, 0.3) is 11.1 Å². The fraction of sp³-hybridized carbons (Fsp3) is 0.333. The maximum Gasteiger partial charge on any atom is 0.123 e. The predicted molar refractivity (Wildman–Crippen MR) is 83.3 cm³/mol. The minimum Gasteiger partial charge on any atom is -0.313 e. The summed E-state index contributed by atoms with van der Waals surface area (Å²) in [5.41, 5.74) is 5.70. The Morgan fingerprint density at radius 3 is 2.50 bits per heavy atom. The standard InChI is InChI=1S/C18H22FN/c1-4-9-20-12-16-7-8-17(19)11-18(16)15-6-5-13(2)14(3)10-15/h5-8,10-11,20H,4,9,12H2,1-3H3. The zero-order chi connectivity index (χ0) is 14.5. The largest absolute Gasteiger partial charge is 0.313 e. The van der Waals surface area contributed by atoms with Crippen LogP contribution in [-0.4, -0.2) is 6.54 Å². The molecule has 1 N–H and O–H groups in total. The van der Waals surface area contributed by atoms with Crippen molar-refractivity contribution >= 4 is 0 Å². The lowest BCUT2D eigenvalue weighted by Crippen LogP contribution is -2.14. The molecule has 0 fully saturated rings. The van der Waals surface area contributed by atoms with Gasteiger partial charge in [-0.25, -0.2) is 4.39 Å². The molecule has 2 aromatic rings. The van der Waals surface area contributed by atoms with Gasteiger partial charge in [-0.2, -0.15) is 0 Å². The van der Waals surface area contributed by atoms with E-state index in [1.807, 2.05) is 6.07 Å². The fourth-order valence-corrected chi connectivity index (χ4v) is 2.28. The van der Waals surface area contributed by atoms with Crippen LogP contribution in [0.15, 0.2) is 36.4 Å². The smallest absolute Gasteiger partial charge is 0.123 e. The fourth-order valence-electron chi connectivity index (χ4n) is 2.28. The summed E-state index contributed by atoms with van der Waals surface area (Å²) >= 11 is 0. The van der Waals surface area contributed by atoms with Crippen molar-refractivity contribution in [3.05, 3.63) is 58.9 Å². The molecule has 0 spiro atoms. The molecule has 1 nitrogen and oxygen atoms in total. The molecule has 2 aromatic carbocycles. The molecule has 0 radical (unpaired) electrons. The average molecular weight is 271 g/mol. The van der Waals surface area contributed by atoms with Crippen molar-refractivity contribution in [3.8, 4) is 11.1 Å². The van der Waals surface area contributed by atoms with Crippen LogP contribution in [0.4, 0.5) is 4.39 Å². The predicted octanol–water partition coefficient (Wildman–Crippen LogP) is 4.61. The third-order valence-electron chi connectivity index (χ3n) is 3.63. The highest BCUT2D eigenvalue weighted by Gasteiger charge is 2.07. The summed E-state index contributed by atoms with van der Waals surface area (Å²) in [6.45, 7) is 8.07. The topological polar surface area (TPSA) is 12.0 Å². The number of hydrogen-bond donors (Lipinski definition) is 1. The lowest BCUT2D eigenvalue weighted by Gasteiger charge is -2.12. The van der Waals surface area contributed by atoms with Gasteiger partial charge in [-0.1, -0.05) is 31.2 Å². The van der Waals surface area contributed by atoms with Gasteiger partial charge in [-0.15, -0.1) is 0 Å². The summed E-state index contributed by atoms with van der Waals surface area (Å²) in [4.78, 5) is 0. The second-order valence-corrected chi connectivity index (χ2v) is 5.28. The molecular weight excluding hydrogens is 249 g/mol. The van der Waals surface area contributed by atoms with Crippen molar-refractivity contribution in [2.75, 3.05) is 6.54 Å². The number of aryl methyl sites for hydroxylation is 2. The van der Waals surface area contributed by atoms with Crippen LogP contribution in [0.5, 0.6) is 0 Å². The first-order valence-corrected chi connectivity index (χ1v) is 7.18. The Hall–Kier alpha value is -1.67. The van der Waals surface area contributed by atoms with Gasteiger partial charge in [-0.3, -0.25) is 0 Å². The number of benzene rings is 2. The SMILES string of the molecule is CCCNCc1ccc(F)cc1-c1ccc(C)c(C)c1. The molecule has 106 valence electrons. The molecule has 2 heteroatoms. The first kappa shape index (κ1) is 14.7. The normalized spacial score (nSPS) is 10.8. The van der Waals surface area contributed by atoms with Crippen molar-refractivity contribution in [2.45, 2.75) is 33.7 Å². The van der Waals surface area contributed by atoms with E-state index in [4.69, 9.17) is 0 Å². The van der Waals surface area contributed by atoms with Crippen LogP contribution in [0.1, 0.15) is 30.0 Å². The summed E-state index contributed by atoms with van der Waals surface area (Å²) in [6.07, 6.45) is 1.10. The minimum atomic E-state index is -0.183. The lowest BCUT2D eigenvalue weighted by molar-refractivity contribution is 0.625. The van der Waals surface area contributed by atoms with Gasteiger partial charge in [-0.05, 0) is 66.8 Å².